The molecular weight excluding hydrogens is 320 g/mol. The number of carboxylic acid groups (broad SMARTS) is 2. The Morgan fingerprint density at radius 3 is 1.29 bits per heavy atom. The second kappa shape index (κ2) is 14.3. The summed E-state index contributed by atoms with van der Waals surface area (Å²) in [6.45, 7) is 1.36. The van der Waals surface area contributed by atoms with Crippen molar-refractivity contribution < 1.29 is 19.8 Å². The summed E-state index contributed by atoms with van der Waals surface area (Å²) in [7, 11) is 0. The Kier molecular flexibility index (Phi) is 13.0. The lowest BCUT2D eigenvalue weighted by Crippen LogP contribution is -2.30. The van der Waals surface area contributed by atoms with Crippen molar-refractivity contribution in [2.24, 2.45) is 10.6 Å². The Morgan fingerprint density at radius 2 is 1.00 bits per heavy atom. The number of carbonyl (C=O) groups is 2. The van der Waals surface area contributed by atoms with E-state index in [0.717, 1.165) is 0 Å². The molecule has 24 heavy (non-hydrogen) atoms. The molecule has 0 aliphatic heterocycles. The summed E-state index contributed by atoms with van der Waals surface area (Å²) in [5.74, 6) is -1.67. The molecule has 0 atom stereocenters. The van der Waals surface area contributed by atoms with Gasteiger partial charge in [-0.05, 0) is 25.7 Å². The van der Waals surface area contributed by atoms with E-state index in [2.05, 4.69) is 10.6 Å². The Hall–Kier alpha value is -2.26. The van der Waals surface area contributed by atoms with Crippen molar-refractivity contribution in [3.63, 3.8) is 0 Å². The monoisotopic (exact) mass is 346 g/mol. The maximum Gasteiger partial charge on any atom is 0.303 e. The van der Waals surface area contributed by atoms with Crippen LogP contribution in [0.15, 0.2) is 10.6 Å². The highest BCUT2D eigenvalue weighted by Crippen LogP contribution is 2.05. The molecular formula is C14H26N4O6. The number of carboxylic acids is 2. The topological polar surface area (TPSA) is 140 Å². The van der Waals surface area contributed by atoms with Gasteiger partial charge in [-0.3, -0.25) is 19.6 Å². The number of hydrogen-bond acceptors (Lipinski definition) is 6. The summed E-state index contributed by atoms with van der Waals surface area (Å²) >= 11 is 0. The van der Waals surface area contributed by atoms with Crippen LogP contribution in [0, 0.1) is 9.81 Å². The van der Waals surface area contributed by atoms with Crippen molar-refractivity contribution >= 4 is 11.9 Å². The molecule has 10 heteroatoms. The molecule has 10 nitrogen and oxygen atoms in total. The fourth-order valence-electron chi connectivity index (χ4n) is 2.11. The molecule has 0 saturated heterocycles. The molecule has 0 aromatic heterocycles. The first kappa shape index (κ1) is 21.7. The van der Waals surface area contributed by atoms with E-state index >= 15 is 0 Å². The van der Waals surface area contributed by atoms with Gasteiger partial charge < -0.3 is 10.2 Å². The van der Waals surface area contributed by atoms with Gasteiger partial charge in [0.2, 0.25) is 0 Å². The van der Waals surface area contributed by atoms with E-state index in [1.165, 1.54) is 10.0 Å². The number of nitroso groups, excluding NO2 is 2. The summed E-state index contributed by atoms with van der Waals surface area (Å²) < 4.78 is 0. The van der Waals surface area contributed by atoms with Crippen molar-refractivity contribution in [2.75, 3.05) is 26.2 Å². The molecule has 0 radical (unpaired) electrons. The summed E-state index contributed by atoms with van der Waals surface area (Å²) in [5, 5.41) is 25.4. The molecule has 0 bridgehead atoms. The maximum absolute atomic E-state index is 10.7. The summed E-state index contributed by atoms with van der Waals surface area (Å²) in [6, 6.07) is 0. The van der Waals surface area contributed by atoms with Crippen molar-refractivity contribution in [1.82, 2.24) is 10.0 Å². The minimum atomic E-state index is -0.837. The average molecular weight is 346 g/mol. The van der Waals surface area contributed by atoms with Crippen LogP contribution in [-0.4, -0.2) is 58.3 Å². The minimum Gasteiger partial charge on any atom is -0.481 e. The smallest absolute Gasteiger partial charge is 0.303 e. The van der Waals surface area contributed by atoms with Crippen molar-refractivity contribution in [3.8, 4) is 0 Å². The van der Waals surface area contributed by atoms with Crippen molar-refractivity contribution in [2.45, 2.75) is 51.4 Å². The third-order valence-electron chi connectivity index (χ3n) is 3.46. The molecule has 0 aliphatic rings. The van der Waals surface area contributed by atoms with E-state index in [-0.39, 0.29) is 25.9 Å². The molecule has 0 aliphatic carbocycles. The van der Waals surface area contributed by atoms with Gasteiger partial charge in [0.1, 0.15) is 0 Å². The van der Waals surface area contributed by atoms with E-state index in [9.17, 15) is 19.4 Å². The Balaban J connectivity index is 3.81. The molecule has 0 fully saturated rings. The molecule has 0 saturated carbocycles. The van der Waals surface area contributed by atoms with E-state index < -0.39 is 11.9 Å². The fourth-order valence-corrected chi connectivity index (χ4v) is 2.11. The van der Waals surface area contributed by atoms with Gasteiger partial charge in [0.15, 0.2) is 0 Å². The van der Waals surface area contributed by atoms with Gasteiger partial charge >= 0.3 is 11.9 Å². The molecule has 0 amide bonds. The van der Waals surface area contributed by atoms with Crippen LogP contribution in [0.25, 0.3) is 0 Å². The quantitative estimate of drug-likeness (QED) is 0.232. The number of hydrogen-bond donors (Lipinski definition) is 2. The van der Waals surface area contributed by atoms with E-state index in [0.29, 0.717) is 51.6 Å². The predicted molar refractivity (Wildman–Crippen MR) is 86.9 cm³/mol. The van der Waals surface area contributed by atoms with E-state index in [4.69, 9.17) is 10.2 Å². The molecule has 0 rings (SSSR count). The molecule has 138 valence electrons. The van der Waals surface area contributed by atoms with Crippen LogP contribution in [0.1, 0.15) is 51.4 Å². The van der Waals surface area contributed by atoms with Crippen LogP contribution in [0.4, 0.5) is 0 Å². The third kappa shape index (κ3) is 13.4. The first-order valence-corrected chi connectivity index (χ1v) is 8.09. The Bertz CT molecular complexity index is 357. The maximum atomic E-state index is 10.7. The highest BCUT2D eigenvalue weighted by atomic mass is 16.4. The average Bonchev–Trinajstić information content (AvgIpc) is 2.54. The summed E-state index contributed by atoms with van der Waals surface area (Å²) in [6.07, 6.45) is 4.03. The normalized spacial score (nSPS) is 10.2. The van der Waals surface area contributed by atoms with Gasteiger partial charge in [0.05, 0.1) is 23.7 Å². The minimum absolute atomic E-state index is 0.110. The molecule has 0 unspecified atom stereocenters. The first-order valence-electron chi connectivity index (χ1n) is 8.09. The number of rotatable bonds is 17. The summed E-state index contributed by atoms with van der Waals surface area (Å²) in [5.41, 5.74) is 0. The van der Waals surface area contributed by atoms with Crippen molar-refractivity contribution in [1.29, 1.82) is 0 Å². The zero-order valence-electron chi connectivity index (χ0n) is 13.8. The third-order valence-corrected chi connectivity index (χ3v) is 3.46. The van der Waals surface area contributed by atoms with E-state index in [1.54, 1.807) is 0 Å². The molecule has 2 N–H and O–H groups in total. The lowest BCUT2D eigenvalue weighted by molar-refractivity contribution is -0.138. The Morgan fingerprint density at radius 1 is 0.625 bits per heavy atom. The van der Waals surface area contributed by atoms with Crippen molar-refractivity contribution in [3.05, 3.63) is 9.81 Å². The van der Waals surface area contributed by atoms with Crippen LogP contribution in [0.2, 0.25) is 0 Å². The first-order chi connectivity index (χ1) is 11.5. The van der Waals surface area contributed by atoms with E-state index in [1.807, 2.05) is 0 Å². The lowest BCUT2D eigenvalue weighted by atomic mass is 10.2. The van der Waals surface area contributed by atoms with Crippen LogP contribution < -0.4 is 0 Å². The lowest BCUT2D eigenvalue weighted by Gasteiger charge is -2.19. The predicted octanol–water partition coefficient (Wildman–Crippen LogP) is 2.24. The number of unbranched alkanes of at least 4 members (excludes halogenated alkanes) is 4. The Labute approximate surface area is 140 Å². The second-order valence-corrected chi connectivity index (χ2v) is 5.48. The SMILES string of the molecule is O=NN(CCCCCC(=O)O)CCN(CCCCCC(=O)O)N=O. The highest BCUT2D eigenvalue weighted by Gasteiger charge is 2.08. The van der Waals surface area contributed by atoms with Crippen LogP contribution in [0.3, 0.4) is 0 Å². The van der Waals surface area contributed by atoms with Gasteiger partial charge in [-0.15, -0.1) is 9.81 Å². The fraction of sp³-hybridized carbons (Fsp3) is 0.857. The number of aliphatic carboxylic acids is 2. The standard InChI is InChI=1S/C14H26N4O6/c19-13(20)7-3-1-5-9-17(15-23)11-12-18(16-24)10-6-2-4-8-14(21)22/h1-12H2,(H,19,20)(H,21,22). The molecule has 0 aromatic rings. The molecule has 0 heterocycles. The highest BCUT2D eigenvalue weighted by molar-refractivity contribution is 5.66. The molecule has 0 spiro atoms. The van der Waals surface area contributed by atoms with Gasteiger partial charge in [-0.1, -0.05) is 12.8 Å². The van der Waals surface area contributed by atoms with Gasteiger partial charge in [-0.25, -0.2) is 0 Å². The summed E-state index contributed by atoms with van der Waals surface area (Å²) in [4.78, 5) is 42.2. The van der Waals surface area contributed by atoms with Crippen LogP contribution in [0.5, 0.6) is 0 Å². The van der Waals surface area contributed by atoms with Gasteiger partial charge in [0.25, 0.3) is 0 Å². The largest absolute Gasteiger partial charge is 0.481 e. The van der Waals surface area contributed by atoms with Crippen LogP contribution >= 0.6 is 0 Å². The zero-order valence-corrected chi connectivity index (χ0v) is 13.8. The number of nitrogens with zero attached hydrogens (tertiary/aromatic N) is 4. The van der Waals surface area contributed by atoms with Gasteiger partial charge in [0, 0.05) is 25.9 Å². The zero-order chi connectivity index (χ0) is 18.2. The van der Waals surface area contributed by atoms with Gasteiger partial charge in [-0.2, -0.15) is 0 Å². The molecule has 0 aromatic carbocycles. The van der Waals surface area contributed by atoms with Crippen LogP contribution in [-0.2, 0) is 9.59 Å². The second-order valence-electron chi connectivity index (χ2n) is 5.48.